The molecule has 1 heterocycles. The van der Waals surface area contributed by atoms with Gasteiger partial charge >= 0.3 is 0 Å². The molecule has 140 valence electrons. The molecule has 0 aliphatic heterocycles. The van der Waals surface area contributed by atoms with E-state index in [0.717, 1.165) is 16.9 Å². The zero-order valence-corrected chi connectivity index (χ0v) is 16.8. The number of nitrogens with one attached hydrogen (secondary N) is 1. The number of furan rings is 1. The van der Waals surface area contributed by atoms with E-state index in [4.69, 9.17) is 49.3 Å². The summed E-state index contributed by atoms with van der Waals surface area (Å²) < 4.78 is 16.6. The number of ether oxygens (including phenoxy) is 2. The first-order valence-corrected chi connectivity index (χ1v) is 9.28. The molecule has 0 bridgehead atoms. The lowest BCUT2D eigenvalue weighted by molar-refractivity contribution is 0.284. The Morgan fingerprint density at radius 1 is 1.07 bits per heavy atom. The molecule has 0 atom stereocenters. The minimum absolute atomic E-state index is 0.341. The fourth-order valence-electron chi connectivity index (χ4n) is 2.40. The summed E-state index contributed by atoms with van der Waals surface area (Å²) in [5, 5.41) is 4.16. The van der Waals surface area contributed by atoms with Crippen molar-refractivity contribution in [2.75, 3.05) is 7.11 Å². The van der Waals surface area contributed by atoms with Crippen molar-refractivity contribution in [3.63, 3.8) is 0 Å². The van der Waals surface area contributed by atoms with Crippen LogP contribution in [0, 0.1) is 0 Å². The van der Waals surface area contributed by atoms with Crippen molar-refractivity contribution in [2.45, 2.75) is 13.2 Å². The predicted octanol–water partition coefficient (Wildman–Crippen LogP) is 5.64. The minimum Gasteiger partial charge on any atom is -0.493 e. The third kappa shape index (κ3) is 5.16. The maximum absolute atomic E-state index is 6.04. The first-order chi connectivity index (χ1) is 13.1. The van der Waals surface area contributed by atoms with Gasteiger partial charge in [0.1, 0.15) is 17.4 Å². The molecule has 0 spiro atoms. The normalized spacial score (nSPS) is 10.5. The fourth-order valence-corrected chi connectivity index (χ4v) is 2.92. The van der Waals surface area contributed by atoms with Crippen molar-refractivity contribution in [1.29, 1.82) is 0 Å². The Morgan fingerprint density at radius 3 is 2.63 bits per heavy atom. The van der Waals surface area contributed by atoms with Crippen LogP contribution in [0.25, 0.3) is 0 Å². The monoisotopic (exact) mass is 421 g/mol. The summed E-state index contributed by atoms with van der Waals surface area (Å²) in [5.41, 5.74) is 1.74. The summed E-state index contributed by atoms with van der Waals surface area (Å²) in [6.45, 7) is 0.859. The Labute approximate surface area is 173 Å². The van der Waals surface area contributed by atoms with Gasteiger partial charge in [0.2, 0.25) is 0 Å². The van der Waals surface area contributed by atoms with Gasteiger partial charge in [0, 0.05) is 5.56 Å². The summed E-state index contributed by atoms with van der Waals surface area (Å²) >= 11 is 17.4. The van der Waals surface area contributed by atoms with Crippen LogP contribution in [0.5, 0.6) is 11.5 Å². The van der Waals surface area contributed by atoms with Crippen LogP contribution < -0.4 is 14.8 Å². The number of rotatable bonds is 7. The molecule has 0 aliphatic carbocycles. The SMILES string of the molecule is COc1cc(C(=S)NCc2ccco2)ccc1OCc1ccc(Cl)c(Cl)c1. The Kier molecular flexibility index (Phi) is 6.61. The lowest BCUT2D eigenvalue weighted by Gasteiger charge is -2.13. The Bertz CT molecular complexity index is 929. The number of halogens is 2. The quantitative estimate of drug-likeness (QED) is 0.500. The van der Waals surface area contributed by atoms with Crippen molar-refractivity contribution >= 4 is 40.4 Å². The van der Waals surface area contributed by atoms with Gasteiger partial charge in [-0.1, -0.05) is 41.5 Å². The van der Waals surface area contributed by atoms with Gasteiger partial charge in [-0.05, 0) is 48.0 Å². The van der Waals surface area contributed by atoms with Gasteiger partial charge in [-0.15, -0.1) is 0 Å². The number of hydrogen-bond acceptors (Lipinski definition) is 4. The first-order valence-electron chi connectivity index (χ1n) is 8.12. The van der Waals surface area contributed by atoms with E-state index in [1.807, 2.05) is 36.4 Å². The van der Waals surface area contributed by atoms with E-state index in [9.17, 15) is 0 Å². The number of hydrogen-bond donors (Lipinski definition) is 1. The number of methoxy groups -OCH3 is 1. The summed E-state index contributed by atoms with van der Waals surface area (Å²) in [4.78, 5) is 0.598. The van der Waals surface area contributed by atoms with Crippen LogP contribution in [0.15, 0.2) is 59.2 Å². The molecule has 0 unspecified atom stereocenters. The summed E-state index contributed by atoms with van der Waals surface area (Å²) in [7, 11) is 1.59. The van der Waals surface area contributed by atoms with Crippen LogP contribution in [0.1, 0.15) is 16.9 Å². The highest BCUT2D eigenvalue weighted by molar-refractivity contribution is 7.80. The number of thiocarbonyl (C=S) groups is 1. The Balaban J connectivity index is 1.66. The third-order valence-electron chi connectivity index (χ3n) is 3.81. The predicted molar refractivity (Wildman–Crippen MR) is 111 cm³/mol. The minimum atomic E-state index is 0.341. The number of benzene rings is 2. The van der Waals surface area contributed by atoms with Crippen LogP contribution in [0.4, 0.5) is 0 Å². The average Bonchev–Trinajstić information content (AvgIpc) is 3.20. The Morgan fingerprint density at radius 2 is 1.93 bits per heavy atom. The Hall–Kier alpha value is -2.21. The zero-order valence-electron chi connectivity index (χ0n) is 14.5. The van der Waals surface area contributed by atoms with Gasteiger partial charge in [-0.3, -0.25) is 0 Å². The fraction of sp³-hybridized carbons (Fsp3) is 0.150. The molecule has 0 amide bonds. The van der Waals surface area contributed by atoms with E-state index in [-0.39, 0.29) is 0 Å². The van der Waals surface area contributed by atoms with Gasteiger partial charge in [0.15, 0.2) is 11.5 Å². The maximum Gasteiger partial charge on any atom is 0.161 e. The molecule has 2 aromatic carbocycles. The molecule has 1 N–H and O–H groups in total. The van der Waals surface area contributed by atoms with E-state index < -0.39 is 0 Å². The lowest BCUT2D eigenvalue weighted by Crippen LogP contribution is -2.21. The molecule has 3 aromatic rings. The molecule has 7 heteroatoms. The molecule has 1 aromatic heterocycles. The topological polar surface area (TPSA) is 43.6 Å². The molecular formula is C20H17Cl2NO3S. The largest absolute Gasteiger partial charge is 0.493 e. The molecule has 4 nitrogen and oxygen atoms in total. The van der Waals surface area contributed by atoms with E-state index in [0.29, 0.717) is 39.7 Å². The average molecular weight is 422 g/mol. The van der Waals surface area contributed by atoms with Gasteiger partial charge < -0.3 is 19.2 Å². The van der Waals surface area contributed by atoms with Crippen LogP contribution in [-0.4, -0.2) is 12.1 Å². The van der Waals surface area contributed by atoms with Crippen molar-refractivity contribution in [3.05, 3.63) is 81.7 Å². The highest BCUT2D eigenvalue weighted by atomic mass is 35.5. The summed E-state index contributed by atoms with van der Waals surface area (Å²) in [6.07, 6.45) is 1.63. The molecule has 0 saturated heterocycles. The van der Waals surface area contributed by atoms with E-state index >= 15 is 0 Å². The van der Waals surface area contributed by atoms with Crippen molar-refractivity contribution in [2.24, 2.45) is 0 Å². The molecule has 0 fully saturated rings. The van der Waals surface area contributed by atoms with E-state index in [1.165, 1.54) is 0 Å². The van der Waals surface area contributed by atoms with Crippen molar-refractivity contribution in [1.82, 2.24) is 5.32 Å². The molecule has 27 heavy (non-hydrogen) atoms. The first kappa shape index (κ1) is 19.5. The van der Waals surface area contributed by atoms with Crippen molar-refractivity contribution in [3.8, 4) is 11.5 Å². The van der Waals surface area contributed by atoms with Gasteiger partial charge in [0.05, 0.1) is 30.0 Å². The maximum atomic E-state index is 6.04. The third-order valence-corrected chi connectivity index (χ3v) is 4.93. The summed E-state index contributed by atoms with van der Waals surface area (Å²) in [5.74, 6) is 2.02. The highest BCUT2D eigenvalue weighted by Crippen LogP contribution is 2.30. The molecule has 0 saturated carbocycles. The van der Waals surface area contributed by atoms with Gasteiger partial charge in [-0.2, -0.15) is 0 Å². The van der Waals surface area contributed by atoms with Crippen LogP contribution in [-0.2, 0) is 13.2 Å². The molecule has 0 radical (unpaired) electrons. The second-order valence-electron chi connectivity index (χ2n) is 5.66. The van der Waals surface area contributed by atoms with E-state index in [2.05, 4.69) is 5.32 Å². The van der Waals surface area contributed by atoms with E-state index in [1.54, 1.807) is 25.5 Å². The second kappa shape index (κ2) is 9.13. The molecule has 0 aliphatic rings. The highest BCUT2D eigenvalue weighted by Gasteiger charge is 2.10. The summed E-state index contributed by atoms with van der Waals surface area (Å²) in [6, 6.07) is 14.6. The van der Waals surface area contributed by atoms with Crippen LogP contribution in [0.2, 0.25) is 10.0 Å². The van der Waals surface area contributed by atoms with Crippen LogP contribution >= 0.6 is 35.4 Å². The van der Waals surface area contributed by atoms with Crippen LogP contribution in [0.3, 0.4) is 0 Å². The lowest BCUT2D eigenvalue weighted by atomic mass is 10.2. The second-order valence-corrected chi connectivity index (χ2v) is 6.89. The molecule has 3 rings (SSSR count). The smallest absolute Gasteiger partial charge is 0.161 e. The van der Waals surface area contributed by atoms with Gasteiger partial charge in [-0.25, -0.2) is 0 Å². The van der Waals surface area contributed by atoms with Crippen molar-refractivity contribution < 1.29 is 13.9 Å². The standard InChI is InChI=1S/C20H17Cl2NO3S/c1-24-19-10-14(20(27)23-11-15-3-2-8-25-15)5-7-18(19)26-12-13-4-6-16(21)17(22)9-13/h2-10H,11-12H2,1H3,(H,23,27). The molecular weight excluding hydrogens is 405 g/mol. The zero-order chi connectivity index (χ0) is 19.2. The van der Waals surface area contributed by atoms with Gasteiger partial charge in [0.25, 0.3) is 0 Å².